The molecule has 116 valence electrons. The van der Waals surface area contributed by atoms with Crippen LogP contribution in [0.4, 0.5) is 5.95 Å². The van der Waals surface area contributed by atoms with Crippen LogP contribution in [0.3, 0.4) is 0 Å². The zero-order valence-electron chi connectivity index (χ0n) is 12.7. The Morgan fingerprint density at radius 2 is 1.95 bits per heavy atom. The smallest absolute Gasteiger partial charge is 0.332 e. The molecule has 2 aromatic heterocycles. The predicted octanol–water partition coefficient (Wildman–Crippen LogP) is -0.396. The Hall–Kier alpha value is -2.09. The molecule has 0 bridgehead atoms. The van der Waals surface area contributed by atoms with E-state index >= 15 is 0 Å². The summed E-state index contributed by atoms with van der Waals surface area (Å²) in [5.41, 5.74) is 5.66. The number of rotatable bonds is 6. The van der Waals surface area contributed by atoms with Crippen molar-refractivity contribution in [2.24, 2.45) is 19.8 Å². The summed E-state index contributed by atoms with van der Waals surface area (Å²) >= 11 is 0. The minimum absolute atomic E-state index is 0.329. The van der Waals surface area contributed by atoms with Gasteiger partial charge in [0.1, 0.15) is 0 Å². The second-order valence-electron chi connectivity index (χ2n) is 5.03. The minimum Gasteiger partial charge on any atom is -0.354 e. The first-order valence-corrected chi connectivity index (χ1v) is 7.13. The number of nitrogens with one attached hydrogen (secondary N) is 1. The van der Waals surface area contributed by atoms with Crippen LogP contribution >= 0.6 is 0 Å². The van der Waals surface area contributed by atoms with Gasteiger partial charge < -0.3 is 15.6 Å². The number of hydrogen-bond acceptors (Lipinski definition) is 5. The van der Waals surface area contributed by atoms with Gasteiger partial charge in [-0.3, -0.25) is 13.9 Å². The Morgan fingerprint density at radius 1 is 1.24 bits per heavy atom. The SMILES string of the molecule is CCCCn1c(=O)n(C)c(=O)c2c1nc(NCCN)n2C. The zero-order valence-corrected chi connectivity index (χ0v) is 12.7. The average Bonchev–Trinajstić information content (AvgIpc) is 2.80. The summed E-state index contributed by atoms with van der Waals surface area (Å²) < 4.78 is 4.37. The highest BCUT2D eigenvalue weighted by molar-refractivity contribution is 5.74. The summed E-state index contributed by atoms with van der Waals surface area (Å²) in [6, 6.07) is 0. The fraction of sp³-hybridized carbons (Fsp3) is 0.615. The lowest BCUT2D eigenvalue weighted by Crippen LogP contribution is -2.38. The molecule has 0 fully saturated rings. The lowest BCUT2D eigenvalue weighted by atomic mass is 10.3. The van der Waals surface area contributed by atoms with E-state index in [4.69, 9.17) is 5.73 Å². The van der Waals surface area contributed by atoms with Crippen LogP contribution in [-0.4, -0.2) is 31.8 Å². The van der Waals surface area contributed by atoms with Crippen LogP contribution in [0.25, 0.3) is 11.2 Å². The van der Waals surface area contributed by atoms with Crippen LogP contribution in [0.2, 0.25) is 0 Å². The van der Waals surface area contributed by atoms with Gasteiger partial charge in [-0.1, -0.05) is 13.3 Å². The number of aryl methyl sites for hydroxylation is 2. The molecule has 0 aliphatic heterocycles. The monoisotopic (exact) mass is 294 g/mol. The number of hydrogen-bond donors (Lipinski definition) is 2. The number of aromatic nitrogens is 4. The van der Waals surface area contributed by atoms with E-state index in [0.717, 1.165) is 17.4 Å². The number of unbranched alkanes of at least 4 members (excludes halogenated alkanes) is 1. The van der Waals surface area contributed by atoms with Crippen molar-refractivity contribution in [3.05, 3.63) is 20.8 Å². The summed E-state index contributed by atoms with van der Waals surface area (Å²) in [4.78, 5) is 29.0. The molecule has 0 amide bonds. The van der Waals surface area contributed by atoms with Crippen LogP contribution in [0.5, 0.6) is 0 Å². The van der Waals surface area contributed by atoms with Crippen molar-refractivity contribution in [3.63, 3.8) is 0 Å². The molecule has 0 aliphatic rings. The second-order valence-corrected chi connectivity index (χ2v) is 5.03. The summed E-state index contributed by atoms with van der Waals surface area (Å²) in [6.07, 6.45) is 1.82. The summed E-state index contributed by atoms with van der Waals surface area (Å²) in [7, 11) is 3.25. The third-order valence-electron chi connectivity index (χ3n) is 3.52. The summed E-state index contributed by atoms with van der Waals surface area (Å²) in [5, 5.41) is 3.06. The Balaban J connectivity index is 2.71. The maximum atomic E-state index is 12.3. The molecule has 0 radical (unpaired) electrons. The van der Waals surface area contributed by atoms with Crippen molar-refractivity contribution in [2.45, 2.75) is 26.3 Å². The lowest BCUT2D eigenvalue weighted by molar-refractivity contribution is 0.583. The molecule has 0 aliphatic carbocycles. The van der Waals surface area contributed by atoms with Crippen molar-refractivity contribution < 1.29 is 0 Å². The van der Waals surface area contributed by atoms with E-state index < -0.39 is 0 Å². The third kappa shape index (κ3) is 2.58. The zero-order chi connectivity index (χ0) is 15.6. The standard InChI is InChI=1S/C13H22N6O2/c1-4-5-8-19-10-9(11(20)18(3)13(19)21)17(2)12(16-10)15-7-6-14/h4-8,14H2,1-3H3,(H,15,16). The summed E-state index contributed by atoms with van der Waals surface area (Å²) in [6.45, 7) is 3.62. The van der Waals surface area contributed by atoms with Gasteiger partial charge in [0.15, 0.2) is 11.2 Å². The van der Waals surface area contributed by atoms with Gasteiger partial charge in [-0.15, -0.1) is 0 Å². The van der Waals surface area contributed by atoms with Gasteiger partial charge in [0.25, 0.3) is 5.56 Å². The minimum atomic E-state index is -0.335. The number of fused-ring (bicyclic) bond motifs is 1. The fourth-order valence-corrected chi connectivity index (χ4v) is 2.29. The Kier molecular flexibility index (Phi) is 4.46. The van der Waals surface area contributed by atoms with Crippen molar-refractivity contribution in [1.82, 2.24) is 18.7 Å². The van der Waals surface area contributed by atoms with E-state index in [1.165, 1.54) is 7.05 Å². The molecular formula is C13H22N6O2. The van der Waals surface area contributed by atoms with Crippen LogP contribution in [0.1, 0.15) is 19.8 Å². The topological polar surface area (TPSA) is 99.9 Å². The van der Waals surface area contributed by atoms with Gasteiger partial charge in [-0.05, 0) is 6.42 Å². The maximum absolute atomic E-state index is 12.3. The highest BCUT2D eigenvalue weighted by Crippen LogP contribution is 2.14. The molecule has 2 heterocycles. The number of imidazole rings is 1. The van der Waals surface area contributed by atoms with Gasteiger partial charge in [0.05, 0.1) is 0 Å². The normalized spacial score (nSPS) is 11.2. The Labute approximate surface area is 122 Å². The first-order valence-electron chi connectivity index (χ1n) is 7.13. The van der Waals surface area contributed by atoms with Gasteiger partial charge in [-0.25, -0.2) is 4.79 Å². The molecule has 21 heavy (non-hydrogen) atoms. The summed E-state index contributed by atoms with van der Waals surface area (Å²) in [5.74, 6) is 0.545. The van der Waals surface area contributed by atoms with Gasteiger partial charge in [-0.2, -0.15) is 4.98 Å². The van der Waals surface area contributed by atoms with Crippen LogP contribution in [0.15, 0.2) is 9.59 Å². The van der Waals surface area contributed by atoms with Crippen molar-refractivity contribution in [1.29, 1.82) is 0 Å². The molecule has 0 unspecified atom stereocenters. The van der Waals surface area contributed by atoms with Crippen molar-refractivity contribution in [2.75, 3.05) is 18.4 Å². The highest BCUT2D eigenvalue weighted by Gasteiger charge is 2.18. The molecule has 2 rings (SSSR count). The highest BCUT2D eigenvalue weighted by atomic mass is 16.2. The Bertz CT molecular complexity index is 755. The van der Waals surface area contributed by atoms with Crippen molar-refractivity contribution in [3.8, 4) is 0 Å². The van der Waals surface area contributed by atoms with Gasteiger partial charge >= 0.3 is 5.69 Å². The molecule has 0 spiro atoms. The van der Waals surface area contributed by atoms with E-state index in [-0.39, 0.29) is 11.2 Å². The van der Waals surface area contributed by atoms with E-state index in [1.807, 2.05) is 0 Å². The molecule has 8 nitrogen and oxygen atoms in total. The third-order valence-corrected chi connectivity index (χ3v) is 3.52. The van der Waals surface area contributed by atoms with E-state index in [2.05, 4.69) is 17.2 Å². The van der Waals surface area contributed by atoms with E-state index in [1.54, 1.807) is 16.2 Å². The number of nitrogens with two attached hydrogens (primary N) is 1. The molecule has 0 saturated carbocycles. The number of nitrogens with zero attached hydrogens (tertiary/aromatic N) is 4. The first-order chi connectivity index (χ1) is 10.0. The van der Waals surface area contributed by atoms with Crippen LogP contribution < -0.4 is 22.3 Å². The average molecular weight is 294 g/mol. The molecule has 0 saturated heterocycles. The maximum Gasteiger partial charge on any atom is 0.332 e. The largest absolute Gasteiger partial charge is 0.354 e. The van der Waals surface area contributed by atoms with E-state index in [0.29, 0.717) is 36.7 Å². The van der Waals surface area contributed by atoms with Crippen molar-refractivity contribution >= 4 is 17.1 Å². The van der Waals surface area contributed by atoms with Gasteiger partial charge in [0, 0.05) is 33.7 Å². The molecule has 3 N–H and O–H groups in total. The van der Waals surface area contributed by atoms with Crippen LogP contribution in [0, 0.1) is 0 Å². The molecule has 2 aromatic rings. The molecular weight excluding hydrogens is 272 g/mol. The number of anilines is 1. The lowest BCUT2D eigenvalue weighted by Gasteiger charge is -2.08. The van der Waals surface area contributed by atoms with E-state index in [9.17, 15) is 9.59 Å². The fourth-order valence-electron chi connectivity index (χ4n) is 2.29. The second kappa shape index (κ2) is 6.13. The Morgan fingerprint density at radius 3 is 2.57 bits per heavy atom. The predicted molar refractivity (Wildman–Crippen MR) is 82.7 cm³/mol. The van der Waals surface area contributed by atoms with Gasteiger partial charge in [0.2, 0.25) is 5.95 Å². The molecule has 8 heteroatoms. The first kappa shape index (κ1) is 15.3. The van der Waals surface area contributed by atoms with Crippen LogP contribution in [-0.2, 0) is 20.6 Å². The molecule has 0 aromatic carbocycles. The molecule has 0 atom stereocenters. The quantitative estimate of drug-likeness (QED) is 0.755.